The van der Waals surface area contributed by atoms with Crippen LogP contribution < -0.4 is 0 Å². The van der Waals surface area contributed by atoms with Crippen LogP contribution in [-0.2, 0) is 19.3 Å². The first-order valence-corrected chi connectivity index (χ1v) is 7.19. The van der Waals surface area contributed by atoms with E-state index < -0.39 is 0 Å². The number of aromatic nitrogens is 5. The minimum atomic E-state index is 0.778. The van der Waals surface area contributed by atoms with Gasteiger partial charge in [-0.1, -0.05) is 23.9 Å². The summed E-state index contributed by atoms with van der Waals surface area (Å²) in [6.45, 7) is 3.06. The maximum Gasteiger partial charge on any atom is 0.169 e. The second-order valence-corrected chi connectivity index (χ2v) is 5.16. The van der Waals surface area contributed by atoms with E-state index in [1.807, 2.05) is 25.2 Å². The van der Waals surface area contributed by atoms with Crippen LogP contribution in [-0.4, -0.2) is 24.3 Å². The minimum absolute atomic E-state index is 0.778. The van der Waals surface area contributed by atoms with Gasteiger partial charge in [0, 0.05) is 13.6 Å². The van der Waals surface area contributed by atoms with E-state index in [0.29, 0.717) is 0 Å². The molecule has 0 atom stereocenters. The van der Waals surface area contributed by atoms with Gasteiger partial charge in [0.1, 0.15) is 12.2 Å². The van der Waals surface area contributed by atoms with Crippen LogP contribution in [0.25, 0.3) is 11.0 Å². The quantitative estimate of drug-likeness (QED) is 0.685. The first-order valence-electron chi connectivity index (χ1n) is 6.20. The molecule has 0 unspecified atom stereocenters. The molecule has 0 aliphatic rings. The van der Waals surface area contributed by atoms with Gasteiger partial charge in [-0.25, -0.2) is 9.97 Å². The van der Waals surface area contributed by atoms with E-state index in [-0.39, 0.29) is 0 Å². The Morgan fingerprint density at radius 1 is 1.26 bits per heavy atom. The smallest absolute Gasteiger partial charge is 0.169 e. The topological polar surface area (TPSA) is 48.5 Å². The molecule has 3 rings (SSSR count). The van der Waals surface area contributed by atoms with E-state index in [1.165, 1.54) is 5.52 Å². The van der Waals surface area contributed by atoms with Crippen LogP contribution in [0, 0.1) is 0 Å². The molecule has 6 heteroatoms. The zero-order valence-corrected chi connectivity index (χ0v) is 11.8. The van der Waals surface area contributed by atoms with E-state index in [4.69, 9.17) is 0 Å². The molecular weight excluding hydrogens is 258 g/mol. The van der Waals surface area contributed by atoms with Crippen LogP contribution in [0.15, 0.2) is 35.7 Å². The lowest BCUT2D eigenvalue weighted by Gasteiger charge is -2.05. The first-order chi connectivity index (χ1) is 9.29. The Kier molecular flexibility index (Phi) is 3.25. The molecule has 0 amide bonds. The Morgan fingerprint density at radius 3 is 2.84 bits per heavy atom. The predicted molar refractivity (Wildman–Crippen MR) is 76.0 cm³/mol. The Balaban J connectivity index is 1.90. The number of thioether (sulfide) groups is 1. The molecule has 0 bridgehead atoms. The molecule has 0 saturated heterocycles. The van der Waals surface area contributed by atoms with Gasteiger partial charge in [-0.2, -0.15) is 5.10 Å². The van der Waals surface area contributed by atoms with Gasteiger partial charge in [0.05, 0.1) is 16.8 Å². The van der Waals surface area contributed by atoms with Crippen LogP contribution in [0.3, 0.4) is 0 Å². The van der Waals surface area contributed by atoms with E-state index >= 15 is 0 Å². The van der Waals surface area contributed by atoms with Gasteiger partial charge in [0.25, 0.3) is 0 Å². The third kappa shape index (κ3) is 2.23. The standard InChI is InChI=1S/C13H15N5S/c1-3-18-11-7-5-4-6-10(11)16-13(18)19-8-12-14-9-15-17(12)2/h4-7,9H,3,8H2,1-2H3. The molecule has 0 aliphatic heterocycles. The summed E-state index contributed by atoms with van der Waals surface area (Å²) >= 11 is 1.70. The van der Waals surface area contributed by atoms with Gasteiger partial charge in [-0.15, -0.1) is 0 Å². The van der Waals surface area contributed by atoms with Crippen molar-refractivity contribution >= 4 is 22.8 Å². The van der Waals surface area contributed by atoms with Crippen molar-refractivity contribution in [1.82, 2.24) is 24.3 Å². The van der Waals surface area contributed by atoms with Gasteiger partial charge >= 0.3 is 0 Å². The monoisotopic (exact) mass is 273 g/mol. The summed E-state index contributed by atoms with van der Waals surface area (Å²) in [7, 11) is 1.91. The second-order valence-electron chi connectivity index (χ2n) is 4.22. The minimum Gasteiger partial charge on any atom is -0.319 e. The maximum atomic E-state index is 4.68. The molecule has 0 aliphatic carbocycles. The number of nitrogens with zero attached hydrogens (tertiary/aromatic N) is 5. The van der Waals surface area contributed by atoms with Crippen molar-refractivity contribution in [2.45, 2.75) is 24.4 Å². The fourth-order valence-corrected chi connectivity index (χ4v) is 3.11. The number of imidazole rings is 1. The van der Waals surface area contributed by atoms with Crippen molar-refractivity contribution in [3.63, 3.8) is 0 Å². The number of hydrogen-bond acceptors (Lipinski definition) is 4. The third-order valence-corrected chi connectivity index (χ3v) is 4.04. The molecule has 19 heavy (non-hydrogen) atoms. The Bertz CT molecular complexity index is 700. The van der Waals surface area contributed by atoms with Crippen LogP contribution in [0.2, 0.25) is 0 Å². The lowest BCUT2D eigenvalue weighted by Crippen LogP contribution is -2.00. The second kappa shape index (κ2) is 5.05. The molecule has 3 aromatic rings. The molecule has 98 valence electrons. The van der Waals surface area contributed by atoms with Crippen LogP contribution in [0.5, 0.6) is 0 Å². The summed E-state index contributed by atoms with van der Waals surface area (Å²) in [5.41, 5.74) is 2.23. The summed E-state index contributed by atoms with van der Waals surface area (Å²) < 4.78 is 4.03. The summed E-state index contributed by atoms with van der Waals surface area (Å²) in [5.74, 6) is 1.74. The van der Waals surface area contributed by atoms with Gasteiger partial charge < -0.3 is 4.57 Å². The number of aryl methyl sites for hydroxylation is 2. The first kappa shape index (κ1) is 12.2. The SMILES string of the molecule is CCn1c(SCc2ncnn2C)nc2ccccc21. The number of rotatable bonds is 4. The fourth-order valence-electron chi connectivity index (χ4n) is 2.05. The zero-order chi connectivity index (χ0) is 13.2. The molecule has 0 fully saturated rings. The molecule has 2 heterocycles. The molecule has 5 nitrogen and oxygen atoms in total. The molecule has 1 aromatic carbocycles. The average molecular weight is 273 g/mol. The molecular formula is C13H15N5S. The maximum absolute atomic E-state index is 4.68. The number of para-hydroxylation sites is 2. The Labute approximate surface area is 115 Å². The molecule has 0 radical (unpaired) electrons. The molecule has 2 aromatic heterocycles. The lowest BCUT2D eigenvalue weighted by atomic mass is 10.3. The number of fused-ring (bicyclic) bond motifs is 1. The molecule has 0 N–H and O–H groups in total. The Hall–Kier alpha value is -1.82. The van der Waals surface area contributed by atoms with E-state index in [1.54, 1.807) is 22.8 Å². The van der Waals surface area contributed by atoms with Crippen molar-refractivity contribution in [2.75, 3.05) is 0 Å². The fraction of sp³-hybridized carbons (Fsp3) is 0.308. The van der Waals surface area contributed by atoms with Crippen LogP contribution >= 0.6 is 11.8 Å². The normalized spacial score (nSPS) is 11.3. The average Bonchev–Trinajstić information content (AvgIpc) is 2.99. The largest absolute Gasteiger partial charge is 0.319 e. The summed E-state index contributed by atoms with van der Waals surface area (Å²) in [5, 5.41) is 5.11. The van der Waals surface area contributed by atoms with Crippen LogP contribution in [0.1, 0.15) is 12.7 Å². The molecule has 0 saturated carbocycles. The summed E-state index contributed by atoms with van der Waals surface area (Å²) in [6.07, 6.45) is 1.58. The van der Waals surface area contributed by atoms with Crippen molar-refractivity contribution in [3.05, 3.63) is 36.4 Å². The van der Waals surface area contributed by atoms with E-state index in [0.717, 1.165) is 28.8 Å². The number of benzene rings is 1. The zero-order valence-electron chi connectivity index (χ0n) is 10.9. The predicted octanol–water partition coefficient (Wildman–Crippen LogP) is 2.48. The van der Waals surface area contributed by atoms with Gasteiger partial charge in [-0.05, 0) is 19.1 Å². The van der Waals surface area contributed by atoms with Crippen LogP contribution in [0.4, 0.5) is 0 Å². The highest BCUT2D eigenvalue weighted by molar-refractivity contribution is 7.98. The molecule has 0 spiro atoms. The van der Waals surface area contributed by atoms with E-state index in [9.17, 15) is 0 Å². The van der Waals surface area contributed by atoms with Crippen molar-refractivity contribution in [2.24, 2.45) is 7.05 Å². The van der Waals surface area contributed by atoms with Gasteiger partial charge in [-0.3, -0.25) is 4.68 Å². The number of hydrogen-bond donors (Lipinski definition) is 0. The Morgan fingerprint density at radius 2 is 2.11 bits per heavy atom. The van der Waals surface area contributed by atoms with Crippen molar-refractivity contribution in [3.8, 4) is 0 Å². The van der Waals surface area contributed by atoms with Crippen molar-refractivity contribution < 1.29 is 0 Å². The van der Waals surface area contributed by atoms with Crippen molar-refractivity contribution in [1.29, 1.82) is 0 Å². The van der Waals surface area contributed by atoms with Gasteiger partial charge in [0.15, 0.2) is 5.16 Å². The third-order valence-electron chi connectivity index (χ3n) is 3.07. The summed E-state index contributed by atoms with van der Waals surface area (Å²) in [4.78, 5) is 8.92. The highest BCUT2D eigenvalue weighted by Crippen LogP contribution is 2.25. The highest BCUT2D eigenvalue weighted by atomic mass is 32.2. The lowest BCUT2D eigenvalue weighted by molar-refractivity contribution is 0.699. The summed E-state index contributed by atoms with van der Waals surface area (Å²) in [6, 6.07) is 8.23. The van der Waals surface area contributed by atoms with Gasteiger partial charge in [0.2, 0.25) is 0 Å². The van der Waals surface area contributed by atoms with E-state index in [2.05, 4.69) is 32.6 Å². The highest BCUT2D eigenvalue weighted by Gasteiger charge is 2.10.